The van der Waals surface area contributed by atoms with Gasteiger partial charge in [0.15, 0.2) is 0 Å². The summed E-state index contributed by atoms with van der Waals surface area (Å²) >= 11 is 0. The van der Waals surface area contributed by atoms with Gasteiger partial charge in [0.1, 0.15) is 0 Å². The van der Waals surface area contributed by atoms with E-state index in [4.69, 9.17) is 5.73 Å². The maximum atomic E-state index is 12.2. The van der Waals surface area contributed by atoms with Crippen LogP contribution in [0.3, 0.4) is 0 Å². The van der Waals surface area contributed by atoms with Gasteiger partial charge in [0.2, 0.25) is 5.91 Å². The second kappa shape index (κ2) is 3.50. The van der Waals surface area contributed by atoms with Crippen molar-refractivity contribution in [2.24, 2.45) is 29.4 Å². The van der Waals surface area contributed by atoms with Crippen LogP contribution in [0.4, 0.5) is 0 Å². The van der Waals surface area contributed by atoms with Crippen LogP contribution in [0, 0.1) is 35.0 Å². The number of nitrogens with zero attached hydrogens (tertiary/aromatic N) is 1. The summed E-state index contributed by atoms with van der Waals surface area (Å²) in [6.45, 7) is 4.31. The third kappa shape index (κ3) is 1.12. The van der Waals surface area contributed by atoms with E-state index in [0.29, 0.717) is 29.0 Å². The van der Waals surface area contributed by atoms with E-state index in [1.165, 1.54) is 0 Å². The van der Waals surface area contributed by atoms with Crippen molar-refractivity contribution >= 4 is 5.91 Å². The van der Waals surface area contributed by atoms with Crippen molar-refractivity contribution in [3.63, 3.8) is 0 Å². The van der Waals surface area contributed by atoms with Crippen LogP contribution in [0.5, 0.6) is 0 Å². The zero-order valence-corrected chi connectivity index (χ0v) is 10.9. The zero-order valence-electron chi connectivity index (χ0n) is 10.9. The topological polar surface area (TPSA) is 78.9 Å². The lowest BCUT2D eigenvalue weighted by Crippen LogP contribution is -2.68. The second-order valence-electron chi connectivity index (χ2n) is 6.20. The first-order chi connectivity index (χ1) is 8.53. The van der Waals surface area contributed by atoms with Gasteiger partial charge in [-0.15, -0.1) is 0 Å². The van der Waals surface area contributed by atoms with E-state index in [1.54, 1.807) is 0 Å². The Labute approximate surface area is 107 Å². The van der Waals surface area contributed by atoms with Gasteiger partial charge in [0, 0.05) is 5.70 Å². The molecule has 1 amide bonds. The Morgan fingerprint density at radius 1 is 1.56 bits per heavy atom. The lowest BCUT2D eigenvalue weighted by atomic mass is 9.56. The Morgan fingerprint density at radius 3 is 2.89 bits per heavy atom. The minimum absolute atomic E-state index is 0.0309. The predicted molar refractivity (Wildman–Crippen MR) is 66.9 cm³/mol. The molecule has 2 aliphatic heterocycles. The molecule has 2 bridgehead atoms. The van der Waals surface area contributed by atoms with Gasteiger partial charge in [-0.05, 0) is 30.6 Å². The second-order valence-corrected chi connectivity index (χ2v) is 6.20. The minimum atomic E-state index is -0.445. The molecule has 4 atom stereocenters. The average Bonchev–Trinajstić information content (AvgIpc) is 2.70. The molecule has 2 aliphatic carbocycles. The van der Waals surface area contributed by atoms with Gasteiger partial charge < -0.3 is 11.1 Å². The molecule has 4 nitrogen and oxygen atoms in total. The number of rotatable bonds is 1. The highest BCUT2D eigenvalue weighted by atomic mass is 16.2. The molecule has 3 N–H and O–H groups in total. The van der Waals surface area contributed by atoms with Crippen LogP contribution in [-0.4, -0.2) is 11.4 Å². The quantitative estimate of drug-likeness (QED) is 0.730. The Hall–Kier alpha value is -1.50. The van der Waals surface area contributed by atoms with Crippen LogP contribution in [0.15, 0.2) is 11.3 Å². The first kappa shape index (κ1) is 11.6. The van der Waals surface area contributed by atoms with Gasteiger partial charge >= 0.3 is 0 Å². The Balaban J connectivity index is 2.22. The van der Waals surface area contributed by atoms with Crippen molar-refractivity contribution in [3.05, 3.63) is 11.3 Å². The average molecular weight is 245 g/mol. The summed E-state index contributed by atoms with van der Waals surface area (Å²) in [6.07, 6.45) is 3.03. The minimum Gasteiger partial charge on any atom is -0.401 e. The molecule has 1 saturated heterocycles. The lowest BCUT2D eigenvalue weighted by Gasteiger charge is -2.54. The molecule has 96 valence electrons. The summed E-state index contributed by atoms with van der Waals surface area (Å²) in [6, 6.07) is 2.27. The molecule has 2 heterocycles. The van der Waals surface area contributed by atoms with E-state index >= 15 is 0 Å². The van der Waals surface area contributed by atoms with E-state index in [1.807, 2.05) is 0 Å². The third-order valence-corrected chi connectivity index (χ3v) is 5.15. The number of piperidine rings is 1. The Morgan fingerprint density at radius 2 is 2.28 bits per heavy atom. The molecule has 4 heteroatoms. The van der Waals surface area contributed by atoms with Crippen molar-refractivity contribution in [1.82, 2.24) is 5.32 Å². The van der Waals surface area contributed by atoms with E-state index in [-0.39, 0.29) is 11.8 Å². The molecule has 0 aromatic carbocycles. The van der Waals surface area contributed by atoms with E-state index in [2.05, 4.69) is 25.2 Å². The number of nitrogens with two attached hydrogens (primary N) is 1. The van der Waals surface area contributed by atoms with Gasteiger partial charge in [0.25, 0.3) is 0 Å². The largest absolute Gasteiger partial charge is 0.401 e. The molecule has 1 saturated carbocycles. The summed E-state index contributed by atoms with van der Waals surface area (Å²) in [5.74, 6) is 0.843. The maximum absolute atomic E-state index is 12.2. The number of hydrogen-bond acceptors (Lipinski definition) is 3. The molecule has 4 aliphatic rings. The fourth-order valence-corrected chi connectivity index (χ4v) is 4.56. The van der Waals surface area contributed by atoms with Crippen molar-refractivity contribution in [2.75, 3.05) is 0 Å². The molecule has 1 spiro atoms. The summed E-state index contributed by atoms with van der Waals surface area (Å²) < 4.78 is 0. The highest BCUT2D eigenvalue weighted by molar-refractivity contribution is 5.87. The number of carbonyl (C=O) groups excluding carboxylic acids is 1. The Kier molecular flexibility index (Phi) is 2.25. The third-order valence-electron chi connectivity index (χ3n) is 5.15. The molecule has 18 heavy (non-hydrogen) atoms. The SMILES string of the molecule is CC(C)[C@@H]1[C@H]2C(=O)N[C@]3(CCC[C@H]13)C(C#N)=C2N. The van der Waals surface area contributed by atoms with Gasteiger partial charge in [-0.25, -0.2) is 0 Å². The lowest BCUT2D eigenvalue weighted by molar-refractivity contribution is -0.135. The van der Waals surface area contributed by atoms with Gasteiger partial charge in [-0.3, -0.25) is 4.79 Å². The molecule has 2 fully saturated rings. The van der Waals surface area contributed by atoms with Crippen LogP contribution in [0.25, 0.3) is 0 Å². The first-order valence-electron chi connectivity index (χ1n) is 6.75. The fourth-order valence-electron chi connectivity index (χ4n) is 4.56. The van der Waals surface area contributed by atoms with Gasteiger partial charge in [-0.1, -0.05) is 20.3 Å². The number of amides is 1. The predicted octanol–water partition coefficient (Wildman–Crippen LogP) is 1.29. The number of carbonyl (C=O) groups is 1. The van der Waals surface area contributed by atoms with Crippen LogP contribution in [0.1, 0.15) is 33.1 Å². The van der Waals surface area contributed by atoms with E-state index in [9.17, 15) is 10.1 Å². The van der Waals surface area contributed by atoms with Crippen molar-refractivity contribution in [3.8, 4) is 6.07 Å². The summed E-state index contributed by atoms with van der Waals surface area (Å²) in [5, 5.41) is 12.5. The highest BCUT2D eigenvalue weighted by Crippen LogP contribution is 2.57. The van der Waals surface area contributed by atoms with Crippen LogP contribution in [0.2, 0.25) is 0 Å². The number of fused-ring (bicyclic) bond motifs is 1. The molecule has 0 aromatic heterocycles. The summed E-state index contributed by atoms with van der Waals surface area (Å²) in [5.41, 5.74) is 6.88. The fraction of sp³-hybridized carbons (Fsp3) is 0.714. The van der Waals surface area contributed by atoms with Gasteiger partial charge in [0.05, 0.1) is 23.1 Å². The Bertz CT molecular complexity index is 488. The monoisotopic (exact) mass is 245 g/mol. The number of nitrogens with one attached hydrogen (secondary N) is 1. The molecular formula is C14H19N3O. The molecule has 0 aromatic rings. The number of nitriles is 1. The van der Waals surface area contributed by atoms with Crippen molar-refractivity contribution in [1.29, 1.82) is 5.26 Å². The van der Waals surface area contributed by atoms with Crippen molar-refractivity contribution < 1.29 is 4.79 Å². The van der Waals surface area contributed by atoms with Crippen LogP contribution < -0.4 is 11.1 Å². The van der Waals surface area contributed by atoms with Crippen LogP contribution >= 0.6 is 0 Å². The van der Waals surface area contributed by atoms with Gasteiger partial charge in [-0.2, -0.15) is 5.26 Å². The zero-order chi connectivity index (χ0) is 13.1. The standard InChI is InChI=1S/C14H19N3O/c1-7(2)10-8-4-3-5-14(8)9(6-15)12(16)11(10)13(18)17-14/h7-8,10-11H,3-5,16H2,1-2H3,(H,17,18)/t8-,10+,11-,14+/m1/s1. The van der Waals surface area contributed by atoms with E-state index in [0.717, 1.165) is 19.3 Å². The smallest absolute Gasteiger partial charge is 0.230 e. The molecule has 0 unspecified atom stereocenters. The molecular weight excluding hydrogens is 226 g/mol. The molecule has 4 rings (SSSR count). The normalized spacial score (nSPS) is 41.9. The summed E-state index contributed by atoms with van der Waals surface area (Å²) in [4.78, 5) is 12.2. The highest BCUT2D eigenvalue weighted by Gasteiger charge is 2.62. The number of hydrogen-bond donors (Lipinski definition) is 2. The first-order valence-corrected chi connectivity index (χ1v) is 6.75. The van der Waals surface area contributed by atoms with E-state index < -0.39 is 5.54 Å². The van der Waals surface area contributed by atoms with Crippen molar-refractivity contribution in [2.45, 2.75) is 38.6 Å². The summed E-state index contributed by atoms with van der Waals surface area (Å²) in [7, 11) is 0. The maximum Gasteiger partial charge on any atom is 0.230 e. The van der Waals surface area contributed by atoms with Crippen LogP contribution in [-0.2, 0) is 4.79 Å². The molecule has 0 radical (unpaired) electrons.